The third-order valence-electron chi connectivity index (χ3n) is 5.10. The number of aryl methyl sites for hydroxylation is 1. The van der Waals surface area contributed by atoms with E-state index in [0.29, 0.717) is 17.0 Å². The van der Waals surface area contributed by atoms with E-state index in [1.54, 1.807) is 43.3 Å². The van der Waals surface area contributed by atoms with E-state index >= 15 is 0 Å². The fourth-order valence-electron chi connectivity index (χ4n) is 3.10. The van der Waals surface area contributed by atoms with Crippen LogP contribution in [-0.4, -0.2) is 37.8 Å². The van der Waals surface area contributed by atoms with Gasteiger partial charge in [0.25, 0.3) is 21.6 Å². The van der Waals surface area contributed by atoms with Gasteiger partial charge in [0.2, 0.25) is 0 Å². The number of hydrogen-bond acceptors (Lipinski definition) is 7. The van der Waals surface area contributed by atoms with Crippen molar-refractivity contribution in [2.75, 3.05) is 17.1 Å². The minimum Gasteiger partial charge on any atom is -0.271 e. The van der Waals surface area contributed by atoms with Gasteiger partial charge in [0.15, 0.2) is 0 Å². The fraction of sp³-hybridized carbons (Fsp3) is 0.167. The topological polar surface area (TPSA) is 122 Å². The van der Waals surface area contributed by atoms with Crippen molar-refractivity contribution in [2.24, 2.45) is 5.10 Å². The van der Waals surface area contributed by atoms with E-state index in [1.807, 2.05) is 13.2 Å². The molecule has 1 amide bonds. The summed E-state index contributed by atoms with van der Waals surface area (Å²) in [6, 6.07) is 19.0. The highest BCUT2D eigenvalue weighted by atomic mass is 32.2. The fourth-order valence-corrected chi connectivity index (χ4v) is 4.93. The Hall–Kier alpha value is -3.70. The molecule has 0 saturated carbocycles. The zero-order chi connectivity index (χ0) is 25.6. The third-order valence-corrected chi connectivity index (χ3v) is 7.63. The van der Waals surface area contributed by atoms with E-state index in [1.165, 1.54) is 48.2 Å². The number of carbonyl (C=O) groups excluding carboxylic acids is 1. The summed E-state index contributed by atoms with van der Waals surface area (Å²) in [5.74, 6) is -0.642. The molecule has 0 aliphatic heterocycles. The number of anilines is 1. The number of amides is 1. The Bertz CT molecular complexity index is 1340. The number of thioether (sulfide) groups is 1. The molecule has 0 unspecified atom stereocenters. The summed E-state index contributed by atoms with van der Waals surface area (Å²) in [5.41, 5.74) is 4.59. The Balaban J connectivity index is 1.84. The normalized spacial score (nSPS) is 11.7. The lowest BCUT2D eigenvalue weighted by atomic mass is 10.1. The zero-order valence-electron chi connectivity index (χ0n) is 19.3. The first kappa shape index (κ1) is 25.9. The Labute approximate surface area is 208 Å². The summed E-state index contributed by atoms with van der Waals surface area (Å²) in [7, 11) is -4.04. The number of nitrogens with zero attached hydrogens (tertiary/aromatic N) is 3. The molecule has 0 aromatic heterocycles. The summed E-state index contributed by atoms with van der Waals surface area (Å²) in [6.45, 7) is 3.02. The predicted octanol–water partition coefficient (Wildman–Crippen LogP) is 4.36. The molecule has 9 nitrogen and oxygen atoms in total. The third kappa shape index (κ3) is 6.46. The van der Waals surface area contributed by atoms with Crippen molar-refractivity contribution in [1.82, 2.24) is 5.43 Å². The first-order valence-corrected chi connectivity index (χ1v) is 13.1. The second kappa shape index (κ2) is 11.2. The van der Waals surface area contributed by atoms with Crippen LogP contribution in [0.2, 0.25) is 0 Å². The van der Waals surface area contributed by atoms with Gasteiger partial charge < -0.3 is 0 Å². The second-order valence-electron chi connectivity index (χ2n) is 7.56. The molecule has 3 rings (SSSR count). The van der Waals surface area contributed by atoms with E-state index in [-0.39, 0.29) is 10.6 Å². The van der Waals surface area contributed by atoms with E-state index in [4.69, 9.17) is 0 Å². The van der Waals surface area contributed by atoms with Gasteiger partial charge in [0.05, 0.1) is 21.2 Å². The minimum absolute atomic E-state index is 0.0601. The maximum absolute atomic E-state index is 13.4. The number of carbonyl (C=O) groups is 1. The molecule has 0 saturated heterocycles. The van der Waals surface area contributed by atoms with E-state index in [0.717, 1.165) is 14.8 Å². The van der Waals surface area contributed by atoms with Crippen LogP contribution in [0.1, 0.15) is 18.1 Å². The number of rotatable bonds is 9. The van der Waals surface area contributed by atoms with Gasteiger partial charge in [-0.25, -0.2) is 13.8 Å². The van der Waals surface area contributed by atoms with Gasteiger partial charge in [-0.2, -0.15) is 5.10 Å². The summed E-state index contributed by atoms with van der Waals surface area (Å²) in [4.78, 5) is 24.0. The molecular formula is C24H24N4O5S2. The number of nitro benzene ring substituents is 1. The van der Waals surface area contributed by atoms with E-state index in [2.05, 4.69) is 10.5 Å². The molecule has 0 spiro atoms. The van der Waals surface area contributed by atoms with Gasteiger partial charge in [0.1, 0.15) is 6.54 Å². The molecule has 1 N–H and O–H groups in total. The maximum atomic E-state index is 13.4. The van der Waals surface area contributed by atoms with Gasteiger partial charge in [-0.1, -0.05) is 17.7 Å². The number of hydrogen-bond donors (Lipinski definition) is 1. The molecule has 0 heterocycles. The number of non-ortho nitro benzene ring substituents is 1. The van der Waals surface area contributed by atoms with Gasteiger partial charge in [0, 0.05) is 17.0 Å². The molecule has 3 aromatic rings. The largest absolute Gasteiger partial charge is 0.271 e. The molecule has 35 heavy (non-hydrogen) atoms. The molecule has 3 aromatic carbocycles. The lowest BCUT2D eigenvalue weighted by Gasteiger charge is -2.24. The number of hydrazone groups is 1. The van der Waals surface area contributed by atoms with Gasteiger partial charge >= 0.3 is 0 Å². The number of benzene rings is 3. The predicted molar refractivity (Wildman–Crippen MR) is 137 cm³/mol. The smallest absolute Gasteiger partial charge is 0.269 e. The standard InChI is InChI=1S/C24H24N4O5S2/c1-17-4-8-20(9-5-17)27(35(32,33)23-14-12-22(34-3)13-15-23)16-24(29)26-25-18(2)19-6-10-21(11-7-19)28(30)31/h4-15H,16H2,1-3H3,(H,26,29)/b25-18-. The highest BCUT2D eigenvalue weighted by molar-refractivity contribution is 7.98. The molecule has 0 fully saturated rings. The number of sulfonamides is 1. The Morgan fingerprint density at radius 3 is 2.17 bits per heavy atom. The highest BCUT2D eigenvalue weighted by Crippen LogP contribution is 2.25. The second-order valence-corrected chi connectivity index (χ2v) is 10.3. The lowest BCUT2D eigenvalue weighted by molar-refractivity contribution is -0.384. The monoisotopic (exact) mass is 512 g/mol. The molecule has 0 aliphatic carbocycles. The van der Waals surface area contributed by atoms with Crippen molar-refractivity contribution >= 4 is 44.8 Å². The van der Waals surface area contributed by atoms with Crippen molar-refractivity contribution in [3.8, 4) is 0 Å². The summed E-state index contributed by atoms with van der Waals surface area (Å²) >= 11 is 1.49. The Kier molecular flexibility index (Phi) is 8.26. The van der Waals surface area contributed by atoms with Crippen LogP contribution < -0.4 is 9.73 Å². The summed E-state index contributed by atoms with van der Waals surface area (Å²) < 4.78 is 27.9. The first-order valence-electron chi connectivity index (χ1n) is 10.4. The van der Waals surface area contributed by atoms with Crippen molar-refractivity contribution in [1.29, 1.82) is 0 Å². The minimum atomic E-state index is -4.04. The molecule has 182 valence electrons. The zero-order valence-corrected chi connectivity index (χ0v) is 21.0. The Morgan fingerprint density at radius 2 is 1.63 bits per heavy atom. The summed E-state index contributed by atoms with van der Waals surface area (Å²) in [5, 5.41) is 14.8. The molecule has 0 radical (unpaired) electrons. The van der Waals surface area contributed by atoms with Crippen LogP contribution in [0.5, 0.6) is 0 Å². The van der Waals surface area contributed by atoms with E-state index in [9.17, 15) is 23.3 Å². The van der Waals surface area contributed by atoms with Crippen LogP contribution in [0.3, 0.4) is 0 Å². The first-order chi connectivity index (χ1) is 16.6. The van der Waals surface area contributed by atoms with Crippen LogP contribution in [0.4, 0.5) is 11.4 Å². The van der Waals surface area contributed by atoms with Crippen LogP contribution in [-0.2, 0) is 14.8 Å². The van der Waals surface area contributed by atoms with Crippen molar-refractivity contribution < 1.29 is 18.1 Å². The number of nitrogens with one attached hydrogen (secondary N) is 1. The number of nitro groups is 1. The molecule has 0 atom stereocenters. The lowest BCUT2D eigenvalue weighted by Crippen LogP contribution is -2.39. The van der Waals surface area contributed by atoms with Gasteiger partial charge in [-0.3, -0.25) is 19.2 Å². The van der Waals surface area contributed by atoms with Crippen LogP contribution in [0.25, 0.3) is 0 Å². The van der Waals surface area contributed by atoms with Crippen LogP contribution in [0.15, 0.2) is 87.7 Å². The van der Waals surface area contributed by atoms with Crippen molar-refractivity contribution in [3.63, 3.8) is 0 Å². The average molecular weight is 513 g/mol. The van der Waals surface area contributed by atoms with Gasteiger partial charge in [-0.05, 0) is 74.2 Å². The summed E-state index contributed by atoms with van der Waals surface area (Å²) in [6.07, 6.45) is 1.89. The average Bonchev–Trinajstić information content (AvgIpc) is 2.86. The molecule has 11 heteroatoms. The Morgan fingerprint density at radius 1 is 1.03 bits per heavy atom. The molecule has 0 aliphatic rings. The molecular weight excluding hydrogens is 488 g/mol. The molecule has 0 bridgehead atoms. The maximum Gasteiger partial charge on any atom is 0.269 e. The van der Waals surface area contributed by atoms with Crippen molar-refractivity contribution in [2.45, 2.75) is 23.6 Å². The quantitative estimate of drug-likeness (QED) is 0.197. The van der Waals surface area contributed by atoms with E-state index < -0.39 is 27.4 Å². The van der Waals surface area contributed by atoms with Crippen molar-refractivity contribution in [3.05, 3.63) is 94.0 Å². The SMILES string of the molecule is CSc1ccc(S(=O)(=O)N(CC(=O)N/N=C(/C)c2ccc([N+](=O)[O-])cc2)c2ccc(C)cc2)cc1. The van der Waals surface area contributed by atoms with Gasteiger partial charge in [-0.15, -0.1) is 11.8 Å². The van der Waals surface area contributed by atoms with Crippen LogP contribution >= 0.6 is 11.8 Å². The highest BCUT2D eigenvalue weighted by Gasteiger charge is 2.27. The van der Waals surface area contributed by atoms with Crippen LogP contribution in [0, 0.1) is 17.0 Å².